The molecule has 0 saturated carbocycles. The van der Waals surface area contributed by atoms with Crippen LogP contribution in [0.1, 0.15) is 72.4 Å². The maximum atomic E-state index is 12.3. The summed E-state index contributed by atoms with van der Waals surface area (Å²) in [6.45, 7) is 9.92. The van der Waals surface area contributed by atoms with Crippen LogP contribution in [0.15, 0.2) is 17.1 Å². The zero-order valence-electron chi connectivity index (χ0n) is 13.9. The molecule has 0 saturated heterocycles. The van der Waals surface area contributed by atoms with Gasteiger partial charge in [-0.15, -0.1) is 0 Å². The van der Waals surface area contributed by atoms with Gasteiger partial charge in [0.1, 0.15) is 6.61 Å². The topological polar surface area (TPSA) is 55.7 Å². The van der Waals surface area contributed by atoms with Crippen molar-refractivity contribution in [2.24, 2.45) is 4.99 Å². The average molecular weight is 301 g/mol. The van der Waals surface area contributed by atoms with Gasteiger partial charge in [0.15, 0.2) is 11.6 Å². The number of carbonyl (C=O) groups is 2. The van der Waals surface area contributed by atoms with E-state index < -0.39 is 0 Å². The Labute approximate surface area is 131 Å². The van der Waals surface area contributed by atoms with Gasteiger partial charge in [-0.1, -0.05) is 13.8 Å². The van der Waals surface area contributed by atoms with Crippen molar-refractivity contribution in [2.45, 2.75) is 53.0 Å². The van der Waals surface area contributed by atoms with E-state index in [-0.39, 0.29) is 17.1 Å². The second-order valence-corrected chi connectivity index (χ2v) is 6.31. The summed E-state index contributed by atoms with van der Waals surface area (Å²) in [4.78, 5) is 29.3. The summed E-state index contributed by atoms with van der Waals surface area (Å²) < 4.78 is 5.71. The van der Waals surface area contributed by atoms with Gasteiger partial charge in [0.2, 0.25) is 5.90 Å². The summed E-state index contributed by atoms with van der Waals surface area (Å²) in [5.41, 5.74) is 2.20. The Balaban J connectivity index is 2.72. The predicted octanol–water partition coefficient (Wildman–Crippen LogP) is 3.74. The average Bonchev–Trinajstić information content (AvgIpc) is 2.84. The Kier molecular flexibility index (Phi) is 4.50. The highest BCUT2D eigenvalue weighted by Gasteiger charge is 2.31. The van der Waals surface area contributed by atoms with Crippen LogP contribution in [-0.4, -0.2) is 29.6 Å². The first kappa shape index (κ1) is 16.4. The molecule has 0 unspecified atom stereocenters. The number of hydrogen-bond acceptors (Lipinski definition) is 4. The fourth-order valence-corrected chi connectivity index (χ4v) is 2.55. The molecule has 1 aliphatic rings. The lowest BCUT2D eigenvalue weighted by Gasteiger charge is -2.14. The third-order valence-corrected chi connectivity index (χ3v) is 3.71. The normalized spacial score (nSPS) is 16.1. The maximum Gasteiger partial charge on any atom is 0.218 e. The highest BCUT2D eigenvalue weighted by Crippen LogP contribution is 2.27. The lowest BCUT2D eigenvalue weighted by atomic mass is 9.91. The van der Waals surface area contributed by atoms with Gasteiger partial charge >= 0.3 is 0 Å². The fraction of sp³-hybridized carbons (Fsp3) is 0.500. The molecule has 118 valence electrons. The molecule has 2 rings (SSSR count). The first-order valence-corrected chi connectivity index (χ1v) is 7.73. The van der Waals surface area contributed by atoms with Crippen molar-refractivity contribution in [3.05, 3.63) is 34.4 Å². The van der Waals surface area contributed by atoms with Crippen LogP contribution < -0.4 is 0 Å². The molecule has 0 aliphatic carbocycles. The number of aryl methyl sites for hydroxylation is 1. The van der Waals surface area contributed by atoms with Crippen LogP contribution in [0.5, 0.6) is 0 Å². The van der Waals surface area contributed by atoms with Gasteiger partial charge in [0, 0.05) is 24.0 Å². The van der Waals surface area contributed by atoms with E-state index in [4.69, 9.17) is 4.74 Å². The molecule has 22 heavy (non-hydrogen) atoms. The first-order chi connectivity index (χ1) is 10.3. The highest BCUT2D eigenvalue weighted by atomic mass is 16.5. The molecule has 1 aliphatic heterocycles. The van der Waals surface area contributed by atoms with Gasteiger partial charge in [-0.05, 0) is 38.5 Å². The number of ketones is 2. The number of hydrogen-bond donors (Lipinski definition) is 0. The lowest BCUT2D eigenvalue weighted by Crippen LogP contribution is -2.17. The Hall–Kier alpha value is -1.97. The highest BCUT2D eigenvalue weighted by molar-refractivity contribution is 6.15. The minimum absolute atomic E-state index is 0.000130. The van der Waals surface area contributed by atoms with Crippen molar-refractivity contribution in [3.63, 3.8) is 0 Å². The quantitative estimate of drug-likeness (QED) is 0.779. The minimum Gasteiger partial charge on any atom is -0.475 e. The van der Waals surface area contributed by atoms with Crippen LogP contribution in [0.25, 0.3) is 0 Å². The van der Waals surface area contributed by atoms with Crippen LogP contribution >= 0.6 is 0 Å². The summed E-state index contributed by atoms with van der Waals surface area (Å²) in [5, 5.41) is 0. The SMILES string of the molecule is CCC(=O)c1cc(C)cc(C(=O)CC)c1C1=NC(C)(C)CO1. The predicted molar refractivity (Wildman–Crippen MR) is 87.0 cm³/mol. The van der Waals surface area contributed by atoms with Crippen LogP contribution in [0, 0.1) is 6.92 Å². The Morgan fingerprint density at radius 2 is 1.64 bits per heavy atom. The number of carbonyl (C=O) groups excluding carboxylic acids is 2. The molecule has 0 aromatic heterocycles. The van der Waals surface area contributed by atoms with Gasteiger partial charge in [-0.2, -0.15) is 0 Å². The molecule has 0 fully saturated rings. The molecule has 0 spiro atoms. The number of nitrogens with zero attached hydrogens (tertiary/aromatic N) is 1. The zero-order chi connectivity index (χ0) is 16.5. The summed E-state index contributed by atoms with van der Waals surface area (Å²) in [7, 11) is 0. The molecule has 0 N–H and O–H groups in total. The summed E-state index contributed by atoms with van der Waals surface area (Å²) in [6, 6.07) is 3.65. The minimum atomic E-state index is -0.334. The van der Waals surface area contributed by atoms with Crippen LogP contribution in [0.3, 0.4) is 0 Å². The van der Waals surface area contributed by atoms with E-state index in [9.17, 15) is 9.59 Å². The Bertz CT molecular complexity index is 619. The third kappa shape index (κ3) is 3.11. The lowest BCUT2D eigenvalue weighted by molar-refractivity contribution is 0.0987. The van der Waals surface area contributed by atoms with Crippen molar-refractivity contribution < 1.29 is 14.3 Å². The summed E-state index contributed by atoms with van der Waals surface area (Å²) in [6.07, 6.45) is 0.764. The zero-order valence-corrected chi connectivity index (χ0v) is 13.9. The van der Waals surface area contributed by atoms with Crippen LogP contribution in [0.4, 0.5) is 0 Å². The second-order valence-electron chi connectivity index (χ2n) is 6.31. The van der Waals surface area contributed by atoms with Gasteiger partial charge in [-0.3, -0.25) is 9.59 Å². The van der Waals surface area contributed by atoms with Gasteiger partial charge in [0.25, 0.3) is 0 Å². The van der Waals surface area contributed by atoms with Gasteiger partial charge in [-0.25, -0.2) is 4.99 Å². The number of rotatable bonds is 5. The molecule has 1 aromatic carbocycles. The van der Waals surface area contributed by atoms with E-state index in [1.807, 2.05) is 46.8 Å². The van der Waals surface area contributed by atoms with E-state index in [0.717, 1.165) is 5.56 Å². The largest absolute Gasteiger partial charge is 0.475 e. The van der Waals surface area contributed by atoms with Crippen molar-refractivity contribution in [1.82, 2.24) is 0 Å². The maximum absolute atomic E-state index is 12.3. The number of benzene rings is 1. The molecule has 0 radical (unpaired) electrons. The molecular formula is C18H23NO3. The first-order valence-electron chi connectivity index (χ1n) is 7.73. The molecular weight excluding hydrogens is 278 g/mol. The van der Waals surface area contributed by atoms with Crippen LogP contribution in [-0.2, 0) is 4.74 Å². The van der Waals surface area contributed by atoms with E-state index in [1.54, 1.807) is 0 Å². The number of Topliss-reactive ketones (excluding diaryl/α,β-unsaturated/α-hetero) is 2. The van der Waals surface area contributed by atoms with Crippen molar-refractivity contribution in [2.75, 3.05) is 6.61 Å². The molecule has 0 bridgehead atoms. The molecule has 4 nitrogen and oxygen atoms in total. The van der Waals surface area contributed by atoms with Crippen molar-refractivity contribution in [3.8, 4) is 0 Å². The van der Waals surface area contributed by atoms with E-state index in [2.05, 4.69) is 4.99 Å². The van der Waals surface area contributed by atoms with E-state index in [1.165, 1.54) is 0 Å². The van der Waals surface area contributed by atoms with Gasteiger partial charge in [0.05, 0.1) is 11.1 Å². The molecule has 0 amide bonds. The standard InChI is InChI=1S/C18H23NO3/c1-6-14(20)12-8-11(3)9-13(15(21)7-2)16(12)17-19-18(4,5)10-22-17/h8-9H,6-7,10H2,1-5H3. The van der Waals surface area contributed by atoms with Gasteiger partial charge < -0.3 is 4.74 Å². The number of ether oxygens (including phenoxy) is 1. The van der Waals surface area contributed by atoms with Crippen molar-refractivity contribution >= 4 is 17.5 Å². The van der Waals surface area contributed by atoms with E-state index >= 15 is 0 Å². The smallest absolute Gasteiger partial charge is 0.218 e. The molecule has 0 atom stereocenters. The summed E-state index contributed by atoms with van der Waals surface area (Å²) >= 11 is 0. The number of aliphatic imine (C=N–C) groups is 1. The summed E-state index contributed by atoms with van der Waals surface area (Å²) in [5.74, 6) is 0.415. The molecule has 1 heterocycles. The van der Waals surface area contributed by atoms with Crippen LogP contribution in [0.2, 0.25) is 0 Å². The molecule has 1 aromatic rings. The Morgan fingerprint density at radius 3 is 2.00 bits per heavy atom. The third-order valence-electron chi connectivity index (χ3n) is 3.71. The monoisotopic (exact) mass is 301 g/mol. The fourth-order valence-electron chi connectivity index (χ4n) is 2.55. The molecule has 4 heteroatoms. The second kappa shape index (κ2) is 6.03. The van der Waals surface area contributed by atoms with E-state index in [0.29, 0.717) is 42.0 Å². The van der Waals surface area contributed by atoms with Crippen molar-refractivity contribution in [1.29, 1.82) is 0 Å². The Morgan fingerprint density at radius 1 is 1.14 bits per heavy atom.